The first-order chi connectivity index (χ1) is 8.81. The van der Waals surface area contributed by atoms with E-state index in [0.29, 0.717) is 11.0 Å². The maximum absolute atomic E-state index is 12.3. The molecule has 0 saturated heterocycles. The molecule has 4 nitrogen and oxygen atoms in total. The Balaban J connectivity index is 2.93. The van der Waals surface area contributed by atoms with Crippen molar-refractivity contribution in [3.63, 3.8) is 0 Å². The predicted molar refractivity (Wildman–Crippen MR) is 71.2 cm³/mol. The van der Waals surface area contributed by atoms with Gasteiger partial charge in [0.1, 0.15) is 0 Å². The van der Waals surface area contributed by atoms with Crippen molar-refractivity contribution in [1.82, 2.24) is 0 Å². The fourth-order valence-corrected chi connectivity index (χ4v) is 1.56. The average molecular weight is 340 g/mol. The van der Waals surface area contributed by atoms with Gasteiger partial charge in [-0.05, 0) is 24.6 Å². The van der Waals surface area contributed by atoms with E-state index >= 15 is 0 Å². The number of nitrogens with zero attached hydrogens (tertiary/aromatic N) is 1. The zero-order valence-electron chi connectivity index (χ0n) is 10.1. The Morgan fingerprint density at radius 1 is 1.47 bits per heavy atom. The highest BCUT2D eigenvalue weighted by Crippen LogP contribution is 2.32. The molecular formula is C11H13BrF3N3O. The number of halogens is 4. The van der Waals surface area contributed by atoms with E-state index in [-0.39, 0.29) is 17.4 Å². The molecule has 0 amide bonds. The maximum atomic E-state index is 12.3. The van der Waals surface area contributed by atoms with Crippen LogP contribution in [0.2, 0.25) is 0 Å². The lowest BCUT2D eigenvalue weighted by molar-refractivity contribution is -0.274. The first kappa shape index (κ1) is 15.6. The van der Waals surface area contributed by atoms with Crippen molar-refractivity contribution in [3.05, 3.63) is 22.7 Å². The number of anilines is 1. The molecule has 19 heavy (non-hydrogen) atoms. The minimum Gasteiger partial charge on any atom is -0.404 e. The summed E-state index contributed by atoms with van der Waals surface area (Å²) in [5.41, 5.74) is 5.65. The minimum atomic E-state index is -4.77. The Morgan fingerprint density at radius 3 is 2.74 bits per heavy atom. The van der Waals surface area contributed by atoms with Crippen molar-refractivity contribution in [1.29, 1.82) is 0 Å². The molecule has 1 aromatic carbocycles. The molecule has 1 rings (SSSR count). The molecule has 0 atom stereocenters. The third-order valence-corrected chi connectivity index (χ3v) is 2.43. The molecule has 3 N–H and O–H groups in total. The number of alkyl halides is 3. The lowest BCUT2D eigenvalue weighted by Crippen LogP contribution is -2.24. The maximum Gasteiger partial charge on any atom is 0.573 e. The lowest BCUT2D eigenvalue weighted by Gasteiger charge is -2.14. The summed E-state index contributed by atoms with van der Waals surface area (Å²) in [6.07, 6.45) is -3.98. The molecule has 0 aliphatic rings. The van der Waals surface area contributed by atoms with E-state index < -0.39 is 6.36 Å². The summed E-state index contributed by atoms with van der Waals surface area (Å²) in [6.45, 7) is 2.40. The van der Waals surface area contributed by atoms with E-state index in [1.54, 1.807) is 6.07 Å². The summed E-state index contributed by atoms with van der Waals surface area (Å²) in [6, 6.07) is 4.18. The smallest absolute Gasteiger partial charge is 0.404 e. The quantitative estimate of drug-likeness (QED) is 0.652. The number of nitrogens with one attached hydrogen (secondary N) is 1. The predicted octanol–water partition coefficient (Wildman–Crippen LogP) is 3.48. The summed E-state index contributed by atoms with van der Waals surface area (Å²) in [5, 5.41) is 2.58. The Labute approximate surface area is 117 Å². The van der Waals surface area contributed by atoms with E-state index in [1.165, 1.54) is 12.1 Å². The molecule has 1 aromatic rings. The second kappa shape index (κ2) is 6.65. The Morgan fingerprint density at radius 2 is 2.16 bits per heavy atom. The van der Waals surface area contributed by atoms with Crippen LogP contribution < -0.4 is 15.8 Å². The third-order valence-electron chi connectivity index (χ3n) is 1.94. The third kappa shape index (κ3) is 5.82. The molecule has 0 spiro atoms. The Kier molecular flexibility index (Phi) is 5.46. The van der Waals surface area contributed by atoms with Gasteiger partial charge in [0.2, 0.25) is 0 Å². The molecule has 0 aliphatic carbocycles. The van der Waals surface area contributed by atoms with Crippen LogP contribution in [0.3, 0.4) is 0 Å². The van der Waals surface area contributed by atoms with Crippen molar-refractivity contribution in [3.8, 4) is 5.75 Å². The molecule has 0 saturated carbocycles. The van der Waals surface area contributed by atoms with Crippen LogP contribution in [-0.4, -0.2) is 18.9 Å². The van der Waals surface area contributed by atoms with Gasteiger partial charge < -0.3 is 15.8 Å². The largest absolute Gasteiger partial charge is 0.573 e. The van der Waals surface area contributed by atoms with Gasteiger partial charge in [-0.3, -0.25) is 4.99 Å². The summed E-state index contributed by atoms with van der Waals surface area (Å²) in [4.78, 5) is 3.93. The molecule has 0 bridgehead atoms. The van der Waals surface area contributed by atoms with Gasteiger partial charge >= 0.3 is 6.36 Å². The summed E-state index contributed by atoms with van der Waals surface area (Å²) >= 11 is 3.08. The van der Waals surface area contributed by atoms with Crippen LogP contribution in [-0.2, 0) is 0 Å². The minimum absolute atomic E-state index is 0.0381. The van der Waals surface area contributed by atoms with Crippen LogP contribution in [0.4, 0.5) is 18.9 Å². The van der Waals surface area contributed by atoms with E-state index in [1.807, 2.05) is 6.92 Å². The molecule has 0 fully saturated rings. The number of hydrogen-bond donors (Lipinski definition) is 2. The number of aliphatic imine (C=N–C) groups is 1. The first-order valence-electron chi connectivity index (χ1n) is 5.44. The summed E-state index contributed by atoms with van der Waals surface area (Å²) in [5.74, 6) is -0.340. The number of benzene rings is 1. The lowest BCUT2D eigenvalue weighted by atomic mass is 10.3. The monoisotopic (exact) mass is 339 g/mol. The zero-order chi connectivity index (χ0) is 14.5. The molecule has 0 heterocycles. The topological polar surface area (TPSA) is 59.6 Å². The zero-order valence-corrected chi connectivity index (χ0v) is 11.7. The fourth-order valence-electron chi connectivity index (χ4n) is 1.22. The molecule has 0 radical (unpaired) electrons. The van der Waals surface area contributed by atoms with E-state index in [2.05, 4.69) is 31.0 Å². The van der Waals surface area contributed by atoms with Crippen LogP contribution in [0, 0.1) is 0 Å². The van der Waals surface area contributed by atoms with Crippen LogP contribution in [0.1, 0.15) is 13.3 Å². The van der Waals surface area contributed by atoms with Crippen molar-refractivity contribution in [2.45, 2.75) is 19.7 Å². The first-order valence-corrected chi connectivity index (χ1v) is 6.23. The SMILES string of the molecule is CCCN=C(N)Nc1ccc(Br)cc1OC(F)(F)F. The number of guanidine groups is 1. The van der Waals surface area contributed by atoms with Gasteiger partial charge in [0.15, 0.2) is 11.7 Å². The highest BCUT2D eigenvalue weighted by Gasteiger charge is 2.32. The fraction of sp³-hybridized carbons (Fsp3) is 0.364. The van der Waals surface area contributed by atoms with Crippen molar-refractivity contribution >= 4 is 27.6 Å². The Hall–Kier alpha value is -1.44. The number of rotatable bonds is 4. The van der Waals surface area contributed by atoms with Crippen LogP contribution in [0.25, 0.3) is 0 Å². The van der Waals surface area contributed by atoms with E-state index in [4.69, 9.17) is 5.73 Å². The van der Waals surface area contributed by atoms with Gasteiger partial charge in [0.05, 0.1) is 5.69 Å². The van der Waals surface area contributed by atoms with Crippen molar-refractivity contribution < 1.29 is 17.9 Å². The van der Waals surface area contributed by atoms with Gasteiger partial charge in [-0.25, -0.2) is 0 Å². The van der Waals surface area contributed by atoms with Gasteiger partial charge in [-0.2, -0.15) is 0 Å². The molecule has 0 aliphatic heterocycles. The van der Waals surface area contributed by atoms with E-state index in [0.717, 1.165) is 6.42 Å². The Bertz CT molecular complexity index is 463. The van der Waals surface area contributed by atoms with Crippen LogP contribution in [0.5, 0.6) is 5.75 Å². The van der Waals surface area contributed by atoms with Gasteiger partial charge in [0, 0.05) is 11.0 Å². The second-order valence-electron chi connectivity index (χ2n) is 3.58. The highest BCUT2D eigenvalue weighted by atomic mass is 79.9. The second-order valence-corrected chi connectivity index (χ2v) is 4.50. The van der Waals surface area contributed by atoms with Crippen molar-refractivity contribution in [2.75, 3.05) is 11.9 Å². The van der Waals surface area contributed by atoms with Crippen LogP contribution >= 0.6 is 15.9 Å². The summed E-state index contributed by atoms with van der Waals surface area (Å²) in [7, 11) is 0. The molecule has 8 heteroatoms. The number of ether oxygens (including phenoxy) is 1. The number of nitrogens with two attached hydrogens (primary N) is 1. The molecular weight excluding hydrogens is 327 g/mol. The standard InChI is InChI=1S/C11H13BrF3N3O/c1-2-5-17-10(16)18-8-4-3-7(12)6-9(8)19-11(13,14)15/h3-4,6H,2,5H2,1H3,(H3,16,17,18). The van der Waals surface area contributed by atoms with Crippen LogP contribution in [0.15, 0.2) is 27.7 Å². The molecule has 0 unspecified atom stereocenters. The number of hydrogen-bond acceptors (Lipinski definition) is 2. The van der Waals surface area contributed by atoms with Gasteiger partial charge in [-0.1, -0.05) is 22.9 Å². The normalized spacial score (nSPS) is 12.4. The van der Waals surface area contributed by atoms with Gasteiger partial charge in [-0.15, -0.1) is 13.2 Å². The van der Waals surface area contributed by atoms with Crippen molar-refractivity contribution in [2.24, 2.45) is 10.7 Å². The summed E-state index contributed by atoms with van der Waals surface area (Å²) < 4.78 is 41.2. The average Bonchev–Trinajstić information content (AvgIpc) is 2.28. The molecule has 0 aromatic heterocycles. The van der Waals surface area contributed by atoms with E-state index in [9.17, 15) is 13.2 Å². The highest BCUT2D eigenvalue weighted by molar-refractivity contribution is 9.10. The molecule has 106 valence electrons. The van der Waals surface area contributed by atoms with Gasteiger partial charge in [0.25, 0.3) is 0 Å².